The summed E-state index contributed by atoms with van der Waals surface area (Å²) in [5.74, 6) is 1.03. The first kappa shape index (κ1) is 20.7. The zero-order chi connectivity index (χ0) is 20.8. The van der Waals surface area contributed by atoms with E-state index >= 15 is 0 Å². The van der Waals surface area contributed by atoms with Gasteiger partial charge in [-0.1, -0.05) is 36.4 Å². The molecule has 1 saturated heterocycles. The zero-order valence-electron chi connectivity index (χ0n) is 17.5. The lowest BCUT2D eigenvalue weighted by Crippen LogP contribution is -2.47. The number of benzene rings is 2. The molecule has 4 rings (SSSR count). The largest absolute Gasteiger partial charge is 0.489 e. The first-order chi connectivity index (χ1) is 14.7. The second-order valence-electron chi connectivity index (χ2n) is 8.57. The Morgan fingerprint density at radius 3 is 2.63 bits per heavy atom. The molecular formula is C25H32N2O3. The van der Waals surface area contributed by atoms with Gasteiger partial charge in [-0.15, -0.1) is 0 Å². The molecule has 0 spiro atoms. The number of carbonyl (C=O) groups is 1. The quantitative estimate of drug-likeness (QED) is 0.761. The molecule has 30 heavy (non-hydrogen) atoms. The summed E-state index contributed by atoms with van der Waals surface area (Å²) in [6.07, 6.45) is 5.08. The SMILES string of the molecule is O=C(N[C@H]1CC[C@H](O)CC1)[C@H]1CCCN(c2cccc(OCc3ccccc3)c2)C1. The minimum Gasteiger partial charge on any atom is -0.489 e. The first-order valence-electron chi connectivity index (χ1n) is 11.2. The maximum Gasteiger partial charge on any atom is 0.225 e. The molecule has 2 fully saturated rings. The molecular weight excluding hydrogens is 376 g/mol. The molecule has 5 heteroatoms. The Morgan fingerprint density at radius 1 is 1.03 bits per heavy atom. The van der Waals surface area contributed by atoms with Crippen molar-refractivity contribution in [1.82, 2.24) is 5.32 Å². The second-order valence-corrected chi connectivity index (χ2v) is 8.57. The number of aliphatic hydroxyl groups is 1. The van der Waals surface area contributed by atoms with Crippen molar-refractivity contribution in [2.75, 3.05) is 18.0 Å². The maximum absolute atomic E-state index is 12.8. The zero-order valence-corrected chi connectivity index (χ0v) is 17.5. The van der Waals surface area contributed by atoms with Crippen molar-refractivity contribution in [2.24, 2.45) is 5.92 Å². The number of ether oxygens (including phenoxy) is 1. The monoisotopic (exact) mass is 408 g/mol. The second kappa shape index (κ2) is 9.98. The summed E-state index contributed by atoms with van der Waals surface area (Å²) in [6, 6.07) is 18.5. The van der Waals surface area contributed by atoms with Crippen LogP contribution in [0.1, 0.15) is 44.1 Å². The van der Waals surface area contributed by atoms with Gasteiger partial charge in [-0.2, -0.15) is 0 Å². The molecule has 1 aliphatic carbocycles. The van der Waals surface area contributed by atoms with Crippen LogP contribution >= 0.6 is 0 Å². The summed E-state index contributed by atoms with van der Waals surface area (Å²) in [6.45, 7) is 2.25. The lowest BCUT2D eigenvalue weighted by molar-refractivity contribution is -0.126. The van der Waals surface area contributed by atoms with Gasteiger partial charge in [0.15, 0.2) is 0 Å². The number of rotatable bonds is 6. The molecule has 1 heterocycles. The highest BCUT2D eigenvalue weighted by atomic mass is 16.5. The Bertz CT molecular complexity index is 818. The Morgan fingerprint density at radius 2 is 1.83 bits per heavy atom. The van der Waals surface area contributed by atoms with Gasteiger partial charge >= 0.3 is 0 Å². The minimum atomic E-state index is -0.195. The van der Waals surface area contributed by atoms with E-state index in [1.54, 1.807) is 0 Å². The topological polar surface area (TPSA) is 61.8 Å². The first-order valence-corrected chi connectivity index (χ1v) is 11.2. The number of anilines is 1. The summed E-state index contributed by atoms with van der Waals surface area (Å²) in [5.41, 5.74) is 2.26. The van der Waals surface area contributed by atoms with Gasteiger partial charge in [-0.05, 0) is 56.2 Å². The third kappa shape index (κ3) is 5.54. The highest BCUT2D eigenvalue weighted by Crippen LogP contribution is 2.27. The Hall–Kier alpha value is -2.53. The van der Waals surface area contributed by atoms with Gasteiger partial charge in [0.05, 0.1) is 12.0 Å². The molecule has 0 radical (unpaired) electrons. The van der Waals surface area contributed by atoms with Gasteiger partial charge in [0.1, 0.15) is 12.4 Å². The summed E-state index contributed by atoms with van der Waals surface area (Å²) in [7, 11) is 0. The van der Waals surface area contributed by atoms with E-state index in [0.717, 1.165) is 68.6 Å². The number of nitrogens with one attached hydrogen (secondary N) is 1. The smallest absolute Gasteiger partial charge is 0.225 e. The molecule has 1 aliphatic heterocycles. The molecule has 0 bridgehead atoms. The molecule has 1 amide bonds. The summed E-state index contributed by atoms with van der Waals surface area (Å²) in [5, 5.41) is 12.9. The number of amides is 1. The van der Waals surface area contributed by atoms with Crippen LogP contribution < -0.4 is 15.0 Å². The van der Waals surface area contributed by atoms with E-state index in [0.29, 0.717) is 6.61 Å². The van der Waals surface area contributed by atoms with Crippen LogP contribution in [0.2, 0.25) is 0 Å². The molecule has 5 nitrogen and oxygen atoms in total. The highest BCUT2D eigenvalue weighted by Gasteiger charge is 2.29. The maximum atomic E-state index is 12.8. The lowest BCUT2D eigenvalue weighted by Gasteiger charge is -2.35. The average Bonchev–Trinajstić information content (AvgIpc) is 2.80. The fraction of sp³-hybridized carbons (Fsp3) is 0.480. The predicted molar refractivity (Wildman–Crippen MR) is 119 cm³/mol. The number of aliphatic hydroxyl groups excluding tert-OH is 1. The van der Waals surface area contributed by atoms with Crippen LogP contribution in [-0.2, 0) is 11.4 Å². The molecule has 0 aromatic heterocycles. The van der Waals surface area contributed by atoms with Crippen LogP contribution in [0, 0.1) is 5.92 Å². The Kier molecular flexibility index (Phi) is 6.90. The summed E-state index contributed by atoms with van der Waals surface area (Å²) in [4.78, 5) is 15.1. The normalized spacial score (nSPS) is 24.3. The molecule has 2 N–H and O–H groups in total. The third-order valence-electron chi connectivity index (χ3n) is 6.27. The predicted octanol–water partition coefficient (Wildman–Crippen LogP) is 3.90. The van der Waals surface area contributed by atoms with Crippen molar-refractivity contribution in [3.05, 3.63) is 60.2 Å². The van der Waals surface area contributed by atoms with Crippen LogP contribution in [0.3, 0.4) is 0 Å². The number of nitrogens with zero attached hydrogens (tertiary/aromatic N) is 1. The highest BCUT2D eigenvalue weighted by molar-refractivity contribution is 5.80. The van der Waals surface area contributed by atoms with Crippen molar-refractivity contribution in [3.63, 3.8) is 0 Å². The van der Waals surface area contributed by atoms with Crippen molar-refractivity contribution in [2.45, 2.75) is 57.3 Å². The summed E-state index contributed by atoms with van der Waals surface area (Å²) >= 11 is 0. The lowest BCUT2D eigenvalue weighted by atomic mass is 9.91. The van der Waals surface area contributed by atoms with Crippen molar-refractivity contribution < 1.29 is 14.6 Å². The van der Waals surface area contributed by atoms with Gasteiger partial charge in [-0.3, -0.25) is 4.79 Å². The molecule has 160 valence electrons. The minimum absolute atomic E-state index is 0.0134. The number of hydrogen-bond donors (Lipinski definition) is 2. The van der Waals surface area contributed by atoms with E-state index in [1.165, 1.54) is 0 Å². The fourth-order valence-corrected chi connectivity index (χ4v) is 4.48. The number of carbonyl (C=O) groups excluding carboxylic acids is 1. The van der Waals surface area contributed by atoms with Gasteiger partial charge in [0, 0.05) is 30.9 Å². The van der Waals surface area contributed by atoms with E-state index in [-0.39, 0.29) is 24.0 Å². The van der Waals surface area contributed by atoms with Crippen LogP contribution in [0.5, 0.6) is 5.75 Å². The average molecular weight is 409 g/mol. The standard InChI is InChI=1S/C25H32N2O3/c28-23-13-11-21(12-14-23)26-25(29)20-8-5-15-27(17-20)22-9-4-10-24(16-22)30-18-19-6-2-1-3-7-19/h1-4,6-7,9-10,16,20-21,23,28H,5,8,11-15,17-18H2,(H,26,29)/t20-,21-,23-/m0/s1. The molecule has 2 aromatic rings. The van der Waals surface area contributed by atoms with Crippen LogP contribution in [-0.4, -0.2) is 36.2 Å². The van der Waals surface area contributed by atoms with E-state index in [1.807, 2.05) is 30.3 Å². The fourth-order valence-electron chi connectivity index (χ4n) is 4.48. The van der Waals surface area contributed by atoms with E-state index < -0.39 is 0 Å². The molecule has 2 aromatic carbocycles. The van der Waals surface area contributed by atoms with E-state index in [4.69, 9.17) is 4.74 Å². The van der Waals surface area contributed by atoms with Gasteiger partial charge < -0.3 is 20.1 Å². The third-order valence-corrected chi connectivity index (χ3v) is 6.27. The van der Waals surface area contributed by atoms with Crippen LogP contribution in [0.15, 0.2) is 54.6 Å². The van der Waals surface area contributed by atoms with E-state index in [2.05, 4.69) is 34.5 Å². The van der Waals surface area contributed by atoms with Crippen molar-refractivity contribution in [3.8, 4) is 5.75 Å². The summed E-state index contributed by atoms with van der Waals surface area (Å²) < 4.78 is 5.98. The number of piperidine rings is 1. The molecule has 1 atom stereocenters. The number of hydrogen-bond acceptors (Lipinski definition) is 4. The Labute approximate surface area is 179 Å². The molecule has 1 saturated carbocycles. The van der Waals surface area contributed by atoms with Crippen molar-refractivity contribution >= 4 is 11.6 Å². The van der Waals surface area contributed by atoms with Gasteiger partial charge in [0.25, 0.3) is 0 Å². The van der Waals surface area contributed by atoms with Crippen LogP contribution in [0.25, 0.3) is 0 Å². The van der Waals surface area contributed by atoms with Crippen LogP contribution in [0.4, 0.5) is 5.69 Å². The molecule has 2 aliphatic rings. The Balaban J connectivity index is 1.33. The molecule has 0 unspecified atom stereocenters. The van der Waals surface area contributed by atoms with Crippen molar-refractivity contribution in [1.29, 1.82) is 0 Å². The van der Waals surface area contributed by atoms with Gasteiger partial charge in [-0.25, -0.2) is 0 Å². The van der Waals surface area contributed by atoms with Gasteiger partial charge in [0.2, 0.25) is 5.91 Å². The van der Waals surface area contributed by atoms with E-state index in [9.17, 15) is 9.90 Å².